The van der Waals surface area contributed by atoms with Crippen LogP contribution in [0.5, 0.6) is 0 Å². The summed E-state index contributed by atoms with van der Waals surface area (Å²) in [5.41, 5.74) is -1.03. The highest BCUT2D eigenvalue weighted by molar-refractivity contribution is 14.0. The van der Waals surface area contributed by atoms with Crippen LogP contribution in [0.2, 0.25) is 0 Å². The highest BCUT2D eigenvalue weighted by Gasteiger charge is 2.33. The van der Waals surface area contributed by atoms with Crippen LogP contribution in [0.1, 0.15) is 44.7 Å². The molecule has 1 fully saturated rings. The van der Waals surface area contributed by atoms with Gasteiger partial charge in [-0.1, -0.05) is 6.07 Å². The number of hydrogen-bond donors (Lipinski definition) is 2. The monoisotopic (exact) mass is 530 g/mol. The van der Waals surface area contributed by atoms with Crippen molar-refractivity contribution in [2.24, 2.45) is 10.9 Å². The van der Waals surface area contributed by atoms with E-state index in [1.54, 1.807) is 0 Å². The molecule has 4 nitrogen and oxygen atoms in total. The fraction of sp³-hybridized carbons (Fsp3) is 0.650. The average Bonchev–Trinajstić information content (AvgIpc) is 2.64. The maximum atomic E-state index is 13.2. The molecule has 2 N–H and O–H groups in total. The van der Waals surface area contributed by atoms with Gasteiger partial charge in [-0.3, -0.25) is 0 Å². The molecule has 0 saturated carbocycles. The van der Waals surface area contributed by atoms with Gasteiger partial charge < -0.3 is 15.5 Å². The number of benzene rings is 1. The van der Waals surface area contributed by atoms with Gasteiger partial charge in [0.15, 0.2) is 5.96 Å². The van der Waals surface area contributed by atoms with E-state index in [-0.39, 0.29) is 36.1 Å². The number of alkyl halides is 3. The summed E-state index contributed by atoms with van der Waals surface area (Å²) in [5.74, 6) is 0.0373. The molecule has 0 radical (unpaired) electrons. The molecule has 1 saturated heterocycles. The quantitative estimate of drug-likeness (QED) is 0.244. The van der Waals surface area contributed by atoms with E-state index in [4.69, 9.17) is 0 Å². The van der Waals surface area contributed by atoms with Crippen LogP contribution in [0.15, 0.2) is 23.2 Å². The molecule has 166 valence electrons. The molecule has 0 aromatic heterocycles. The van der Waals surface area contributed by atoms with Crippen molar-refractivity contribution in [2.75, 3.05) is 26.2 Å². The lowest BCUT2D eigenvalue weighted by Gasteiger charge is -2.35. The normalized spacial score (nSPS) is 18.5. The van der Waals surface area contributed by atoms with Gasteiger partial charge in [-0.25, -0.2) is 9.38 Å². The molecule has 9 heteroatoms. The third-order valence-electron chi connectivity index (χ3n) is 4.97. The van der Waals surface area contributed by atoms with Crippen LogP contribution in [0.25, 0.3) is 0 Å². The molecule has 0 bridgehead atoms. The lowest BCUT2D eigenvalue weighted by Crippen LogP contribution is -2.46. The SMILES string of the molecule is CCNC(=NCc1ccc(F)cc1C(F)(F)F)NCC1CCCN(C(C)C)C1.I. The first-order chi connectivity index (χ1) is 13.2. The van der Waals surface area contributed by atoms with Crippen molar-refractivity contribution in [1.29, 1.82) is 0 Å². The van der Waals surface area contributed by atoms with E-state index in [9.17, 15) is 17.6 Å². The maximum absolute atomic E-state index is 13.2. The second-order valence-electron chi connectivity index (χ2n) is 7.47. The molecule has 1 aliphatic rings. The van der Waals surface area contributed by atoms with Crippen LogP contribution in [-0.4, -0.2) is 43.1 Å². The van der Waals surface area contributed by atoms with Gasteiger partial charge in [0.05, 0.1) is 12.1 Å². The predicted molar refractivity (Wildman–Crippen MR) is 119 cm³/mol. The zero-order valence-corrected chi connectivity index (χ0v) is 19.5. The molecule has 1 aromatic rings. The van der Waals surface area contributed by atoms with Crippen molar-refractivity contribution < 1.29 is 17.6 Å². The second-order valence-corrected chi connectivity index (χ2v) is 7.47. The van der Waals surface area contributed by atoms with Crippen LogP contribution in [0.3, 0.4) is 0 Å². The Labute approximate surface area is 187 Å². The third kappa shape index (κ3) is 8.27. The van der Waals surface area contributed by atoms with Crippen LogP contribution < -0.4 is 10.6 Å². The smallest absolute Gasteiger partial charge is 0.357 e. The number of aliphatic imine (C=N–C) groups is 1. The lowest BCUT2D eigenvalue weighted by molar-refractivity contribution is -0.138. The van der Waals surface area contributed by atoms with E-state index in [1.807, 2.05) is 6.92 Å². The summed E-state index contributed by atoms with van der Waals surface area (Å²) < 4.78 is 52.7. The fourth-order valence-corrected chi connectivity index (χ4v) is 3.43. The first kappa shape index (κ1) is 25.9. The van der Waals surface area contributed by atoms with Crippen LogP contribution in [-0.2, 0) is 12.7 Å². The molecule has 0 aliphatic carbocycles. The Morgan fingerprint density at radius 1 is 1.28 bits per heavy atom. The average molecular weight is 530 g/mol. The zero-order valence-electron chi connectivity index (χ0n) is 17.2. The third-order valence-corrected chi connectivity index (χ3v) is 4.97. The Morgan fingerprint density at radius 2 is 2.00 bits per heavy atom. The van der Waals surface area contributed by atoms with E-state index in [2.05, 4.69) is 34.4 Å². The number of nitrogens with one attached hydrogen (secondary N) is 2. The molecule has 0 amide bonds. The largest absolute Gasteiger partial charge is 0.416 e. The van der Waals surface area contributed by atoms with Gasteiger partial charge in [-0.05, 0) is 63.8 Å². The van der Waals surface area contributed by atoms with Gasteiger partial charge in [0.1, 0.15) is 5.82 Å². The molecule has 1 heterocycles. The molecular formula is C20H31F4IN4. The Kier molecular flexibility index (Phi) is 10.7. The van der Waals surface area contributed by atoms with Gasteiger partial charge in [0.2, 0.25) is 0 Å². The summed E-state index contributed by atoms with van der Waals surface area (Å²) in [5, 5.41) is 6.31. The Balaban J connectivity index is 0.00000420. The summed E-state index contributed by atoms with van der Waals surface area (Å²) in [7, 11) is 0. The van der Waals surface area contributed by atoms with E-state index in [1.165, 1.54) is 0 Å². The zero-order chi connectivity index (χ0) is 20.7. The first-order valence-corrected chi connectivity index (χ1v) is 9.82. The van der Waals surface area contributed by atoms with E-state index in [0.29, 0.717) is 37.1 Å². The van der Waals surface area contributed by atoms with Crippen molar-refractivity contribution in [3.63, 3.8) is 0 Å². The predicted octanol–water partition coefficient (Wildman–Crippen LogP) is 4.64. The molecule has 1 aliphatic heterocycles. The van der Waals surface area contributed by atoms with Gasteiger partial charge in [-0.15, -0.1) is 24.0 Å². The number of piperidine rings is 1. The summed E-state index contributed by atoms with van der Waals surface area (Å²) in [6, 6.07) is 3.20. The minimum Gasteiger partial charge on any atom is -0.357 e. The Hall–Kier alpha value is -1.10. The van der Waals surface area contributed by atoms with Gasteiger partial charge in [-0.2, -0.15) is 13.2 Å². The first-order valence-electron chi connectivity index (χ1n) is 9.82. The van der Waals surface area contributed by atoms with Crippen LogP contribution >= 0.6 is 24.0 Å². The van der Waals surface area contributed by atoms with Gasteiger partial charge in [0, 0.05) is 25.7 Å². The van der Waals surface area contributed by atoms with E-state index in [0.717, 1.165) is 38.1 Å². The van der Waals surface area contributed by atoms with Crippen molar-refractivity contribution in [3.8, 4) is 0 Å². The number of nitrogens with zero attached hydrogens (tertiary/aromatic N) is 2. The highest BCUT2D eigenvalue weighted by Crippen LogP contribution is 2.32. The van der Waals surface area contributed by atoms with Crippen molar-refractivity contribution in [2.45, 2.75) is 52.4 Å². The number of rotatable bonds is 6. The van der Waals surface area contributed by atoms with E-state index >= 15 is 0 Å². The molecule has 1 atom stereocenters. The van der Waals surface area contributed by atoms with E-state index < -0.39 is 17.6 Å². The number of guanidine groups is 1. The molecule has 0 spiro atoms. The Morgan fingerprint density at radius 3 is 2.62 bits per heavy atom. The molecule has 29 heavy (non-hydrogen) atoms. The van der Waals surface area contributed by atoms with Crippen molar-refractivity contribution >= 4 is 29.9 Å². The van der Waals surface area contributed by atoms with Crippen molar-refractivity contribution in [3.05, 3.63) is 35.1 Å². The minimum atomic E-state index is -4.61. The Bertz CT molecular complexity index is 664. The van der Waals surface area contributed by atoms with Gasteiger partial charge >= 0.3 is 6.18 Å². The van der Waals surface area contributed by atoms with Crippen LogP contribution in [0, 0.1) is 11.7 Å². The van der Waals surface area contributed by atoms with Crippen molar-refractivity contribution in [1.82, 2.24) is 15.5 Å². The molecule has 1 aromatic carbocycles. The maximum Gasteiger partial charge on any atom is 0.416 e. The van der Waals surface area contributed by atoms with Crippen LogP contribution in [0.4, 0.5) is 17.6 Å². The lowest BCUT2D eigenvalue weighted by atomic mass is 9.97. The highest BCUT2D eigenvalue weighted by atomic mass is 127. The minimum absolute atomic E-state index is 0. The molecular weight excluding hydrogens is 499 g/mol. The van der Waals surface area contributed by atoms with Gasteiger partial charge in [0.25, 0.3) is 0 Å². The standard InChI is InChI=1S/C20H30F4N4.HI/c1-4-25-19(26-11-15-6-5-9-28(13-15)14(2)3)27-12-16-7-8-17(21)10-18(16)20(22,23)24;/h7-8,10,14-15H,4-6,9,11-13H2,1-3H3,(H2,25,26,27);1H. The summed E-state index contributed by atoms with van der Waals surface area (Å²) in [6.45, 7) is 9.51. The number of hydrogen-bond acceptors (Lipinski definition) is 2. The number of likely N-dealkylation sites (tertiary alicyclic amines) is 1. The summed E-state index contributed by atoms with van der Waals surface area (Å²) in [4.78, 5) is 6.72. The fourth-order valence-electron chi connectivity index (χ4n) is 3.43. The summed E-state index contributed by atoms with van der Waals surface area (Å²) in [6.07, 6.45) is -2.35. The summed E-state index contributed by atoms with van der Waals surface area (Å²) >= 11 is 0. The topological polar surface area (TPSA) is 39.7 Å². The number of halogens is 5. The molecule has 2 rings (SSSR count). The second kappa shape index (κ2) is 11.9. The molecule has 1 unspecified atom stereocenters.